The van der Waals surface area contributed by atoms with Crippen LogP contribution in [0.15, 0.2) is 0 Å². The molecule has 4 atom stereocenters. The lowest BCUT2D eigenvalue weighted by Gasteiger charge is -2.35. The standard InChI is InChI=1S/C6H9F3O4/c7-6(8,9)5-4(12)2(10)1-3(11)13-5/h2-5,10-12H,1H2/t2-,3+,4-,5+/m1/s1. The first-order chi connectivity index (χ1) is 5.82. The van der Waals surface area contributed by atoms with E-state index >= 15 is 0 Å². The molecule has 1 aliphatic heterocycles. The average Bonchev–Trinajstić information content (AvgIpc) is 1.94. The van der Waals surface area contributed by atoms with Crippen LogP contribution < -0.4 is 0 Å². The first-order valence-corrected chi connectivity index (χ1v) is 3.58. The van der Waals surface area contributed by atoms with Gasteiger partial charge in [0.15, 0.2) is 12.4 Å². The van der Waals surface area contributed by atoms with Gasteiger partial charge in [0.05, 0.1) is 6.10 Å². The zero-order valence-corrected chi connectivity index (χ0v) is 6.40. The Hall–Kier alpha value is -0.370. The van der Waals surface area contributed by atoms with Gasteiger partial charge < -0.3 is 20.1 Å². The number of aliphatic hydroxyl groups excluding tert-OH is 3. The average molecular weight is 202 g/mol. The molecule has 7 heteroatoms. The van der Waals surface area contributed by atoms with Gasteiger partial charge in [-0.05, 0) is 0 Å². The summed E-state index contributed by atoms with van der Waals surface area (Å²) < 4.78 is 40.1. The zero-order chi connectivity index (χ0) is 10.2. The second-order valence-corrected chi connectivity index (χ2v) is 2.85. The lowest BCUT2D eigenvalue weighted by Crippen LogP contribution is -2.54. The summed E-state index contributed by atoms with van der Waals surface area (Å²) in [5, 5.41) is 26.5. The van der Waals surface area contributed by atoms with Crippen molar-refractivity contribution in [2.45, 2.75) is 37.2 Å². The number of alkyl halides is 3. The monoisotopic (exact) mass is 202 g/mol. The smallest absolute Gasteiger partial charge is 0.390 e. The van der Waals surface area contributed by atoms with E-state index in [0.717, 1.165) is 0 Å². The van der Waals surface area contributed by atoms with Crippen molar-refractivity contribution >= 4 is 0 Å². The van der Waals surface area contributed by atoms with Gasteiger partial charge in [-0.3, -0.25) is 0 Å². The molecular formula is C6H9F3O4. The Bertz CT molecular complexity index is 183. The van der Waals surface area contributed by atoms with E-state index in [1.165, 1.54) is 0 Å². The van der Waals surface area contributed by atoms with Crippen molar-refractivity contribution in [2.24, 2.45) is 0 Å². The summed E-state index contributed by atoms with van der Waals surface area (Å²) in [6, 6.07) is 0. The largest absolute Gasteiger partial charge is 0.417 e. The van der Waals surface area contributed by atoms with Gasteiger partial charge in [-0.25, -0.2) is 0 Å². The maximum Gasteiger partial charge on any atom is 0.417 e. The number of halogens is 3. The second kappa shape index (κ2) is 3.41. The summed E-state index contributed by atoms with van der Waals surface area (Å²) in [5.41, 5.74) is 0. The maximum atomic E-state index is 12.0. The Morgan fingerprint density at radius 2 is 1.69 bits per heavy atom. The summed E-state index contributed by atoms with van der Waals surface area (Å²) in [6.45, 7) is 0. The fraction of sp³-hybridized carbons (Fsp3) is 1.00. The van der Waals surface area contributed by atoms with Gasteiger partial charge in [0.25, 0.3) is 0 Å². The zero-order valence-electron chi connectivity index (χ0n) is 6.40. The number of rotatable bonds is 0. The van der Waals surface area contributed by atoms with Crippen molar-refractivity contribution in [1.82, 2.24) is 0 Å². The van der Waals surface area contributed by atoms with Crippen LogP contribution >= 0.6 is 0 Å². The molecular weight excluding hydrogens is 193 g/mol. The Balaban J connectivity index is 2.72. The molecule has 1 rings (SSSR count). The highest BCUT2D eigenvalue weighted by atomic mass is 19.4. The molecule has 0 unspecified atom stereocenters. The topological polar surface area (TPSA) is 69.9 Å². The summed E-state index contributed by atoms with van der Waals surface area (Å²) in [6.07, 6.45) is -13.1. The van der Waals surface area contributed by atoms with E-state index in [2.05, 4.69) is 4.74 Å². The molecule has 78 valence electrons. The molecule has 13 heavy (non-hydrogen) atoms. The van der Waals surface area contributed by atoms with Gasteiger partial charge in [-0.2, -0.15) is 13.2 Å². The van der Waals surface area contributed by atoms with Crippen molar-refractivity contribution in [1.29, 1.82) is 0 Å². The summed E-state index contributed by atoms with van der Waals surface area (Å²) in [5.74, 6) is 0. The number of ether oxygens (including phenoxy) is 1. The van der Waals surface area contributed by atoms with Crippen LogP contribution in [0, 0.1) is 0 Å². The van der Waals surface area contributed by atoms with E-state index in [4.69, 9.17) is 15.3 Å². The molecule has 0 bridgehead atoms. The Kier molecular flexibility index (Phi) is 2.81. The molecule has 1 heterocycles. The molecule has 4 nitrogen and oxygen atoms in total. The number of hydrogen-bond acceptors (Lipinski definition) is 4. The first kappa shape index (κ1) is 10.7. The third-order valence-corrected chi connectivity index (χ3v) is 1.77. The molecule has 0 aromatic rings. The summed E-state index contributed by atoms with van der Waals surface area (Å²) >= 11 is 0. The van der Waals surface area contributed by atoms with Crippen LogP contribution in [-0.2, 0) is 4.74 Å². The van der Waals surface area contributed by atoms with E-state index in [9.17, 15) is 13.2 Å². The molecule has 0 aromatic carbocycles. The van der Waals surface area contributed by atoms with Crippen LogP contribution in [0.1, 0.15) is 6.42 Å². The van der Waals surface area contributed by atoms with Crippen LogP contribution in [0.4, 0.5) is 13.2 Å². The van der Waals surface area contributed by atoms with Gasteiger partial charge in [-0.15, -0.1) is 0 Å². The maximum absolute atomic E-state index is 12.0. The fourth-order valence-electron chi connectivity index (χ4n) is 1.12. The molecule has 0 aromatic heterocycles. The first-order valence-electron chi connectivity index (χ1n) is 3.58. The lowest BCUT2D eigenvalue weighted by atomic mass is 10.0. The summed E-state index contributed by atoms with van der Waals surface area (Å²) in [7, 11) is 0. The molecule has 3 N–H and O–H groups in total. The number of hydrogen-bond donors (Lipinski definition) is 3. The quantitative estimate of drug-likeness (QED) is 0.489. The Morgan fingerprint density at radius 1 is 1.15 bits per heavy atom. The fourth-order valence-corrected chi connectivity index (χ4v) is 1.12. The molecule has 0 amide bonds. The van der Waals surface area contributed by atoms with Crippen LogP contribution in [0.3, 0.4) is 0 Å². The molecule has 0 aliphatic carbocycles. The molecule has 1 fully saturated rings. The third-order valence-electron chi connectivity index (χ3n) is 1.77. The van der Waals surface area contributed by atoms with Crippen molar-refractivity contribution in [3.8, 4) is 0 Å². The van der Waals surface area contributed by atoms with Gasteiger partial charge >= 0.3 is 6.18 Å². The van der Waals surface area contributed by atoms with Gasteiger partial charge in [0, 0.05) is 6.42 Å². The minimum absolute atomic E-state index is 0.423. The minimum atomic E-state index is -4.79. The van der Waals surface area contributed by atoms with Crippen LogP contribution in [0.25, 0.3) is 0 Å². The highest BCUT2D eigenvalue weighted by Crippen LogP contribution is 2.31. The SMILES string of the molecule is O[C@@H]1[C@H](O)C[C@@H](O)O[C@@H]1C(F)(F)F. The molecule has 0 saturated carbocycles. The molecule has 0 spiro atoms. The Labute approximate surface area is 71.6 Å². The van der Waals surface area contributed by atoms with Crippen LogP contribution in [-0.4, -0.2) is 46.1 Å². The predicted molar refractivity (Wildman–Crippen MR) is 33.6 cm³/mol. The molecule has 1 aliphatic rings. The van der Waals surface area contributed by atoms with Crippen molar-refractivity contribution < 1.29 is 33.2 Å². The lowest BCUT2D eigenvalue weighted by molar-refractivity contribution is -0.320. The van der Waals surface area contributed by atoms with Crippen LogP contribution in [0.2, 0.25) is 0 Å². The predicted octanol–water partition coefficient (Wildman–Crippen LogP) is -0.622. The van der Waals surface area contributed by atoms with Gasteiger partial charge in [-0.1, -0.05) is 0 Å². The van der Waals surface area contributed by atoms with E-state index in [1.54, 1.807) is 0 Å². The van der Waals surface area contributed by atoms with Crippen molar-refractivity contribution in [3.63, 3.8) is 0 Å². The van der Waals surface area contributed by atoms with E-state index in [1.807, 2.05) is 0 Å². The van der Waals surface area contributed by atoms with E-state index in [-0.39, 0.29) is 0 Å². The van der Waals surface area contributed by atoms with Gasteiger partial charge in [0.2, 0.25) is 0 Å². The third kappa shape index (κ3) is 2.31. The van der Waals surface area contributed by atoms with E-state index < -0.39 is 37.2 Å². The summed E-state index contributed by atoms with van der Waals surface area (Å²) in [4.78, 5) is 0. The van der Waals surface area contributed by atoms with Crippen molar-refractivity contribution in [2.75, 3.05) is 0 Å². The molecule has 1 saturated heterocycles. The highest BCUT2D eigenvalue weighted by Gasteiger charge is 2.51. The van der Waals surface area contributed by atoms with Crippen molar-refractivity contribution in [3.05, 3.63) is 0 Å². The highest BCUT2D eigenvalue weighted by molar-refractivity contribution is 4.86. The normalized spacial score (nSPS) is 42.0. The Morgan fingerprint density at radius 3 is 2.15 bits per heavy atom. The van der Waals surface area contributed by atoms with Gasteiger partial charge in [0.1, 0.15) is 6.10 Å². The minimum Gasteiger partial charge on any atom is -0.390 e. The second-order valence-electron chi connectivity index (χ2n) is 2.85. The van der Waals surface area contributed by atoms with Crippen LogP contribution in [0.5, 0.6) is 0 Å². The number of aliphatic hydroxyl groups is 3. The molecule has 0 radical (unpaired) electrons. The van der Waals surface area contributed by atoms with E-state index in [0.29, 0.717) is 0 Å².